The van der Waals surface area contributed by atoms with Gasteiger partial charge >= 0.3 is 6.03 Å². The molecule has 0 aliphatic carbocycles. The van der Waals surface area contributed by atoms with Crippen molar-refractivity contribution in [3.63, 3.8) is 0 Å². The zero-order valence-electron chi connectivity index (χ0n) is 14.0. The highest BCUT2D eigenvalue weighted by Gasteiger charge is 2.09. The highest BCUT2D eigenvalue weighted by atomic mass is 35.5. The lowest BCUT2D eigenvalue weighted by Gasteiger charge is -2.11. The maximum absolute atomic E-state index is 12.1. The van der Waals surface area contributed by atoms with Crippen LogP contribution in [0.25, 0.3) is 5.95 Å². The van der Waals surface area contributed by atoms with Gasteiger partial charge in [0, 0.05) is 16.4 Å². The first kappa shape index (κ1) is 16.9. The number of anilines is 2. The van der Waals surface area contributed by atoms with Gasteiger partial charge in [0.25, 0.3) is 0 Å². The van der Waals surface area contributed by atoms with Gasteiger partial charge in [0.15, 0.2) is 0 Å². The number of imidazole rings is 1. The molecule has 2 amide bonds. The second kappa shape index (κ2) is 6.90. The minimum Gasteiger partial charge on any atom is -0.307 e. The molecule has 0 aliphatic rings. The van der Waals surface area contributed by atoms with E-state index in [0.29, 0.717) is 22.3 Å². The Balaban J connectivity index is 1.70. The Morgan fingerprint density at radius 1 is 1.08 bits per heavy atom. The van der Waals surface area contributed by atoms with E-state index in [1.54, 1.807) is 41.5 Å². The van der Waals surface area contributed by atoms with E-state index in [1.165, 1.54) is 0 Å². The molecule has 0 bridgehead atoms. The van der Waals surface area contributed by atoms with Crippen molar-refractivity contribution < 1.29 is 4.79 Å². The molecule has 2 heterocycles. The third-order valence-corrected chi connectivity index (χ3v) is 4.29. The van der Waals surface area contributed by atoms with E-state index >= 15 is 0 Å². The van der Waals surface area contributed by atoms with Gasteiger partial charge in [-0.2, -0.15) is 0 Å². The first-order valence-electron chi connectivity index (χ1n) is 7.62. The second-order valence-corrected chi connectivity index (χ2v) is 5.96. The van der Waals surface area contributed by atoms with E-state index in [9.17, 15) is 4.79 Å². The SMILES string of the molecule is Cc1ncn(-c2ncc(NC(=O)Nc3cccc(Cl)c3C)cn2)c1C. The molecule has 0 fully saturated rings. The molecule has 0 atom stereocenters. The van der Waals surface area contributed by atoms with Crippen LogP contribution in [0.2, 0.25) is 5.02 Å². The molecule has 2 aromatic heterocycles. The average Bonchev–Trinajstić information content (AvgIpc) is 2.92. The summed E-state index contributed by atoms with van der Waals surface area (Å²) in [5.74, 6) is 0.495. The van der Waals surface area contributed by atoms with Crippen LogP contribution < -0.4 is 10.6 Å². The van der Waals surface area contributed by atoms with Crippen LogP contribution >= 0.6 is 11.6 Å². The molecule has 0 unspecified atom stereocenters. The molecule has 1 aromatic carbocycles. The van der Waals surface area contributed by atoms with E-state index in [0.717, 1.165) is 17.0 Å². The number of amides is 2. The first-order chi connectivity index (χ1) is 12.0. The number of hydrogen-bond donors (Lipinski definition) is 2. The van der Waals surface area contributed by atoms with E-state index in [-0.39, 0.29) is 0 Å². The number of nitrogens with zero attached hydrogens (tertiary/aromatic N) is 4. The van der Waals surface area contributed by atoms with E-state index in [2.05, 4.69) is 25.6 Å². The number of hydrogen-bond acceptors (Lipinski definition) is 4. The van der Waals surface area contributed by atoms with Crippen molar-refractivity contribution in [1.82, 2.24) is 19.5 Å². The summed E-state index contributed by atoms with van der Waals surface area (Å²) in [7, 11) is 0. The van der Waals surface area contributed by atoms with Gasteiger partial charge in [0.2, 0.25) is 5.95 Å². The average molecular weight is 357 g/mol. The molecule has 128 valence electrons. The Labute approximate surface area is 150 Å². The summed E-state index contributed by atoms with van der Waals surface area (Å²) in [5, 5.41) is 6.04. The lowest BCUT2D eigenvalue weighted by Crippen LogP contribution is -2.20. The molecule has 3 rings (SSSR count). The van der Waals surface area contributed by atoms with Crippen LogP contribution in [-0.2, 0) is 0 Å². The monoisotopic (exact) mass is 356 g/mol. The first-order valence-corrected chi connectivity index (χ1v) is 7.99. The van der Waals surface area contributed by atoms with Gasteiger partial charge in [0.05, 0.1) is 23.8 Å². The van der Waals surface area contributed by atoms with Gasteiger partial charge < -0.3 is 10.6 Å². The summed E-state index contributed by atoms with van der Waals surface area (Å²) in [6.07, 6.45) is 4.75. The minimum atomic E-state index is -0.392. The fourth-order valence-electron chi connectivity index (χ4n) is 2.24. The van der Waals surface area contributed by atoms with Crippen molar-refractivity contribution in [2.24, 2.45) is 0 Å². The Morgan fingerprint density at radius 3 is 2.44 bits per heavy atom. The molecule has 0 radical (unpaired) electrons. The normalized spacial score (nSPS) is 10.6. The second-order valence-electron chi connectivity index (χ2n) is 5.55. The summed E-state index contributed by atoms with van der Waals surface area (Å²) in [4.78, 5) is 24.9. The van der Waals surface area contributed by atoms with Gasteiger partial charge in [-0.05, 0) is 38.5 Å². The van der Waals surface area contributed by atoms with Crippen LogP contribution in [0.3, 0.4) is 0 Å². The third-order valence-electron chi connectivity index (χ3n) is 3.88. The number of halogens is 1. The van der Waals surface area contributed by atoms with Crippen LogP contribution in [0.1, 0.15) is 17.0 Å². The van der Waals surface area contributed by atoms with Gasteiger partial charge in [-0.1, -0.05) is 17.7 Å². The quantitative estimate of drug-likeness (QED) is 0.745. The number of rotatable bonds is 3. The summed E-state index contributed by atoms with van der Waals surface area (Å²) in [6, 6.07) is 4.94. The molecule has 0 aliphatic heterocycles. The molecule has 3 aromatic rings. The number of carbonyl (C=O) groups excluding carboxylic acids is 1. The molecule has 0 spiro atoms. The van der Waals surface area contributed by atoms with Crippen molar-refractivity contribution in [2.75, 3.05) is 10.6 Å². The molecule has 2 N–H and O–H groups in total. The van der Waals surface area contributed by atoms with Crippen LogP contribution in [0.5, 0.6) is 0 Å². The Morgan fingerprint density at radius 2 is 1.80 bits per heavy atom. The summed E-state index contributed by atoms with van der Waals surface area (Å²) in [6.45, 7) is 5.70. The largest absolute Gasteiger partial charge is 0.323 e. The fraction of sp³-hybridized carbons (Fsp3) is 0.176. The Bertz CT molecular complexity index is 919. The maximum atomic E-state index is 12.1. The van der Waals surface area contributed by atoms with Crippen molar-refractivity contribution in [3.05, 3.63) is 58.9 Å². The highest BCUT2D eigenvalue weighted by Crippen LogP contribution is 2.23. The standard InChI is InChI=1S/C17H17ClN6O/c1-10-14(18)5-4-6-15(10)23-17(25)22-13-7-19-16(20-8-13)24-9-21-11(2)12(24)3/h4-9H,1-3H3,(H2,22,23,25). The number of carbonyl (C=O) groups is 1. The van der Waals surface area contributed by atoms with E-state index < -0.39 is 6.03 Å². The zero-order chi connectivity index (χ0) is 18.0. The number of aryl methyl sites for hydroxylation is 1. The van der Waals surface area contributed by atoms with Crippen molar-refractivity contribution in [3.8, 4) is 5.95 Å². The lowest BCUT2D eigenvalue weighted by molar-refractivity contribution is 0.262. The molecule has 7 nitrogen and oxygen atoms in total. The van der Waals surface area contributed by atoms with Crippen LogP contribution in [0.15, 0.2) is 36.9 Å². The van der Waals surface area contributed by atoms with Gasteiger partial charge in [-0.3, -0.25) is 4.57 Å². The number of benzene rings is 1. The van der Waals surface area contributed by atoms with Crippen LogP contribution in [0.4, 0.5) is 16.2 Å². The summed E-state index contributed by atoms with van der Waals surface area (Å²) in [5.41, 5.74) is 3.82. The molecular weight excluding hydrogens is 340 g/mol. The predicted octanol–water partition coefficient (Wildman–Crippen LogP) is 3.88. The van der Waals surface area contributed by atoms with Crippen molar-refractivity contribution in [2.45, 2.75) is 20.8 Å². The van der Waals surface area contributed by atoms with E-state index in [1.807, 2.05) is 20.8 Å². The number of nitrogens with one attached hydrogen (secondary N) is 2. The molecule has 8 heteroatoms. The highest BCUT2D eigenvalue weighted by molar-refractivity contribution is 6.31. The third kappa shape index (κ3) is 3.61. The number of urea groups is 1. The Kier molecular flexibility index (Phi) is 4.67. The van der Waals surface area contributed by atoms with Crippen molar-refractivity contribution in [1.29, 1.82) is 0 Å². The molecule has 0 saturated carbocycles. The van der Waals surface area contributed by atoms with Gasteiger partial charge in [0.1, 0.15) is 6.33 Å². The van der Waals surface area contributed by atoms with Crippen LogP contribution in [0, 0.1) is 20.8 Å². The fourth-order valence-corrected chi connectivity index (χ4v) is 2.41. The molecular formula is C17H17ClN6O. The summed E-state index contributed by atoms with van der Waals surface area (Å²) < 4.78 is 1.79. The summed E-state index contributed by atoms with van der Waals surface area (Å²) >= 11 is 6.05. The lowest BCUT2D eigenvalue weighted by atomic mass is 10.2. The van der Waals surface area contributed by atoms with Gasteiger partial charge in [-0.15, -0.1) is 0 Å². The predicted molar refractivity (Wildman–Crippen MR) is 97.5 cm³/mol. The topological polar surface area (TPSA) is 84.7 Å². The minimum absolute atomic E-state index is 0.392. The zero-order valence-corrected chi connectivity index (χ0v) is 14.8. The maximum Gasteiger partial charge on any atom is 0.323 e. The van der Waals surface area contributed by atoms with Crippen LogP contribution in [-0.4, -0.2) is 25.6 Å². The molecule has 25 heavy (non-hydrogen) atoms. The van der Waals surface area contributed by atoms with Gasteiger partial charge in [-0.25, -0.2) is 19.7 Å². The number of aromatic nitrogens is 4. The smallest absolute Gasteiger partial charge is 0.307 e. The van der Waals surface area contributed by atoms with E-state index in [4.69, 9.17) is 11.6 Å². The molecule has 0 saturated heterocycles. The Hall–Kier alpha value is -2.93. The van der Waals surface area contributed by atoms with Crippen molar-refractivity contribution >= 4 is 29.0 Å².